The molecule has 1 aliphatic carbocycles. The number of halogens is 1. The molecule has 0 fully saturated rings. The van der Waals surface area contributed by atoms with Gasteiger partial charge in [-0.3, -0.25) is 0 Å². The summed E-state index contributed by atoms with van der Waals surface area (Å²) in [4.78, 5) is 11.1. The van der Waals surface area contributed by atoms with Crippen molar-refractivity contribution in [2.45, 2.75) is 33.2 Å². The number of rotatable bonds is 2. The van der Waals surface area contributed by atoms with Crippen LogP contribution in [-0.2, 0) is 6.42 Å². The van der Waals surface area contributed by atoms with Gasteiger partial charge in [-0.2, -0.15) is 0 Å². The van der Waals surface area contributed by atoms with Gasteiger partial charge in [-0.05, 0) is 52.6 Å². The van der Waals surface area contributed by atoms with Crippen LogP contribution in [0.5, 0.6) is 0 Å². The molecule has 23 heavy (non-hydrogen) atoms. The van der Waals surface area contributed by atoms with Gasteiger partial charge in [0.25, 0.3) is 0 Å². The molecule has 3 rings (SSSR count). The van der Waals surface area contributed by atoms with Crippen molar-refractivity contribution in [1.82, 2.24) is 5.32 Å². The van der Waals surface area contributed by atoms with Gasteiger partial charge in [-0.15, -0.1) is 0 Å². The van der Waals surface area contributed by atoms with Crippen molar-refractivity contribution in [2.75, 3.05) is 0 Å². The van der Waals surface area contributed by atoms with Crippen molar-refractivity contribution < 1.29 is 9.90 Å². The molecule has 4 heteroatoms. The number of hydrogen-bond acceptors (Lipinski definition) is 1. The van der Waals surface area contributed by atoms with Gasteiger partial charge in [-0.1, -0.05) is 55.8 Å². The SMILES string of the molecule is Cc1ccc(-c2ccc3c(c2)CC(C)(C)[C@H]3NC(=O)O)cc1Cl. The van der Waals surface area contributed by atoms with Crippen LogP contribution in [0.1, 0.15) is 36.6 Å². The van der Waals surface area contributed by atoms with Gasteiger partial charge >= 0.3 is 6.09 Å². The number of nitrogens with one attached hydrogen (secondary N) is 1. The predicted molar refractivity (Wildman–Crippen MR) is 93.0 cm³/mol. The van der Waals surface area contributed by atoms with E-state index in [0.717, 1.165) is 33.7 Å². The zero-order chi connectivity index (χ0) is 16.8. The summed E-state index contributed by atoms with van der Waals surface area (Å²) in [7, 11) is 0. The quantitative estimate of drug-likeness (QED) is 0.795. The third-order valence-electron chi connectivity index (χ3n) is 4.65. The summed E-state index contributed by atoms with van der Waals surface area (Å²) >= 11 is 6.23. The normalized spacial score (nSPS) is 18.5. The Kier molecular flexibility index (Phi) is 3.85. The van der Waals surface area contributed by atoms with E-state index in [4.69, 9.17) is 16.7 Å². The van der Waals surface area contributed by atoms with Crippen LogP contribution in [0, 0.1) is 12.3 Å². The first kappa shape index (κ1) is 15.9. The molecule has 0 saturated heterocycles. The second-order valence-electron chi connectivity index (χ2n) is 6.93. The minimum absolute atomic E-state index is 0.135. The molecule has 0 spiro atoms. The van der Waals surface area contributed by atoms with E-state index >= 15 is 0 Å². The summed E-state index contributed by atoms with van der Waals surface area (Å²) in [6.45, 7) is 6.17. The van der Waals surface area contributed by atoms with Crippen molar-refractivity contribution in [1.29, 1.82) is 0 Å². The largest absolute Gasteiger partial charge is 0.465 e. The Labute approximate surface area is 141 Å². The Morgan fingerprint density at radius 2 is 1.87 bits per heavy atom. The molecular weight excluding hydrogens is 310 g/mol. The molecule has 0 aromatic heterocycles. The maximum Gasteiger partial charge on any atom is 0.405 e. The van der Waals surface area contributed by atoms with Crippen molar-refractivity contribution >= 4 is 17.7 Å². The summed E-state index contributed by atoms with van der Waals surface area (Å²) in [6.07, 6.45) is -0.133. The number of fused-ring (bicyclic) bond motifs is 1. The Balaban J connectivity index is 2.01. The topological polar surface area (TPSA) is 49.3 Å². The molecule has 2 N–H and O–H groups in total. The van der Waals surface area contributed by atoms with E-state index in [0.29, 0.717) is 0 Å². The van der Waals surface area contributed by atoms with Gasteiger partial charge in [-0.25, -0.2) is 4.79 Å². The van der Waals surface area contributed by atoms with Crippen molar-refractivity contribution in [3.8, 4) is 11.1 Å². The Bertz CT molecular complexity index is 783. The average Bonchev–Trinajstić information content (AvgIpc) is 2.71. The number of hydrogen-bond donors (Lipinski definition) is 2. The highest BCUT2D eigenvalue weighted by Gasteiger charge is 2.39. The van der Waals surface area contributed by atoms with E-state index in [1.54, 1.807) is 0 Å². The molecule has 1 atom stereocenters. The van der Waals surface area contributed by atoms with E-state index in [2.05, 4.69) is 31.3 Å². The fraction of sp³-hybridized carbons (Fsp3) is 0.316. The number of carboxylic acid groups (broad SMARTS) is 1. The number of aryl methyl sites for hydroxylation is 1. The van der Waals surface area contributed by atoms with Gasteiger partial charge in [0.1, 0.15) is 0 Å². The summed E-state index contributed by atoms with van der Waals surface area (Å²) in [5, 5.41) is 12.5. The first-order valence-corrected chi connectivity index (χ1v) is 8.04. The van der Waals surface area contributed by atoms with Crippen LogP contribution in [0.4, 0.5) is 4.79 Å². The number of carbonyl (C=O) groups is 1. The van der Waals surface area contributed by atoms with Gasteiger partial charge in [0.15, 0.2) is 0 Å². The highest BCUT2D eigenvalue weighted by Crippen LogP contribution is 2.46. The molecule has 0 heterocycles. The standard InChI is InChI=1S/C19H20ClNO2/c1-11-4-5-13(9-16(11)20)12-6-7-15-14(8-12)10-19(2,3)17(15)21-18(22)23/h4-9,17,21H,10H2,1-3H3,(H,22,23)/t17-/m0/s1. The molecule has 0 aliphatic heterocycles. The molecular formula is C19H20ClNO2. The lowest BCUT2D eigenvalue weighted by Gasteiger charge is -2.27. The van der Waals surface area contributed by atoms with Gasteiger partial charge in [0.2, 0.25) is 0 Å². The van der Waals surface area contributed by atoms with E-state index in [1.165, 1.54) is 5.56 Å². The molecule has 120 valence electrons. The lowest BCUT2D eigenvalue weighted by molar-refractivity contribution is 0.175. The Morgan fingerprint density at radius 3 is 2.52 bits per heavy atom. The molecule has 0 unspecified atom stereocenters. The summed E-state index contributed by atoms with van der Waals surface area (Å²) < 4.78 is 0. The maximum atomic E-state index is 11.1. The number of benzene rings is 2. The monoisotopic (exact) mass is 329 g/mol. The average molecular weight is 330 g/mol. The molecule has 3 nitrogen and oxygen atoms in total. The minimum atomic E-state index is -0.981. The predicted octanol–water partition coefficient (Wildman–Crippen LogP) is 5.21. The molecule has 0 bridgehead atoms. The van der Waals surface area contributed by atoms with E-state index in [1.807, 2.05) is 31.2 Å². The first-order valence-electron chi connectivity index (χ1n) is 7.67. The van der Waals surface area contributed by atoms with Crippen LogP contribution in [0.15, 0.2) is 36.4 Å². The smallest absolute Gasteiger partial charge is 0.405 e. The van der Waals surface area contributed by atoms with E-state index in [9.17, 15) is 4.79 Å². The lowest BCUT2D eigenvalue weighted by Crippen LogP contribution is -2.34. The van der Waals surface area contributed by atoms with Crippen LogP contribution >= 0.6 is 11.6 Å². The van der Waals surface area contributed by atoms with E-state index < -0.39 is 6.09 Å². The molecule has 2 aromatic rings. The molecule has 0 radical (unpaired) electrons. The molecule has 1 amide bonds. The second-order valence-corrected chi connectivity index (χ2v) is 7.33. The van der Waals surface area contributed by atoms with Crippen molar-refractivity contribution in [2.24, 2.45) is 5.41 Å². The van der Waals surface area contributed by atoms with Crippen LogP contribution in [0.25, 0.3) is 11.1 Å². The molecule has 0 saturated carbocycles. The highest BCUT2D eigenvalue weighted by atomic mass is 35.5. The maximum absolute atomic E-state index is 11.1. The lowest BCUT2D eigenvalue weighted by atomic mass is 9.85. The summed E-state index contributed by atoms with van der Waals surface area (Å²) in [5.41, 5.74) is 5.38. The van der Waals surface area contributed by atoms with Gasteiger partial charge < -0.3 is 10.4 Å². The second kappa shape index (κ2) is 5.57. The molecule has 1 aliphatic rings. The Morgan fingerprint density at radius 1 is 1.22 bits per heavy atom. The molecule has 2 aromatic carbocycles. The fourth-order valence-electron chi connectivity index (χ4n) is 3.40. The zero-order valence-corrected chi connectivity index (χ0v) is 14.2. The van der Waals surface area contributed by atoms with E-state index in [-0.39, 0.29) is 11.5 Å². The van der Waals surface area contributed by atoms with Gasteiger partial charge in [0, 0.05) is 5.02 Å². The third kappa shape index (κ3) is 2.93. The number of amides is 1. The van der Waals surface area contributed by atoms with Crippen LogP contribution in [0.2, 0.25) is 5.02 Å². The van der Waals surface area contributed by atoms with Gasteiger partial charge in [0.05, 0.1) is 6.04 Å². The first-order chi connectivity index (χ1) is 10.8. The highest BCUT2D eigenvalue weighted by molar-refractivity contribution is 6.31. The fourth-order valence-corrected chi connectivity index (χ4v) is 3.58. The summed E-state index contributed by atoms with van der Waals surface area (Å²) in [5.74, 6) is 0. The zero-order valence-electron chi connectivity index (χ0n) is 13.5. The van der Waals surface area contributed by atoms with Crippen LogP contribution in [-0.4, -0.2) is 11.2 Å². The Hall–Kier alpha value is -2.00. The summed E-state index contributed by atoms with van der Waals surface area (Å²) in [6, 6.07) is 12.1. The van der Waals surface area contributed by atoms with Crippen molar-refractivity contribution in [3.63, 3.8) is 0 Å². The van der Waals surface area contributed by atoms with Crippen LogP contribution in [0.3, 0.4) is 0 Å². The third-order valence-corrected chi connectivity index (χ3v) is 5.06. The minimum Gasteiger partial charge on any atom is -0.465 e. The van der Waals surface area contributed by atoms with Crippen LogP contribution < -0.4 is 5.32 Å². The van der Waals surface area contributed by atoms with Crippen molar-refractivity contribution in [3.05, 3.63) is 58.1 Å².